The largest absolute Gasteiger partial charge is 0.488 e. The molecule has 19 heavy (non-hydrogen) atoms. The van der Waals surface area contributed by atoms with Crippen molar-refractivity contribution in [3.8, 4) is 5.75 Å². The molecule has 1 aliphatic carbocycles. The highest BCUT2D eigenvalue weighted by atomic mass is 35.5. The normalized spacial score (nSPS) is 15.0. The van der Waals surface area contributed by atoms with Crippen LogP contribution < -0.4 is 4.74 Å². The molecule has 0 unspecified atom stereocenters. The summed E-state index contributed by atoms with van der Waals surface area (Å²) < 4.78 is 5.94. The van der Waals surface area contributed by atoms with Crippen LogP contribution in [0.3, 0.4) is 0 Å². The van der Waals surface area contributed by atoms with E-state index in [2.05, 4.69) is 17.1 Å². The number of nitrogens with zero attached hydrogens (tertiary/aromatic N) is 1. The lowest BCUT2D eigenvalue weighted by atomic mass is 9.80. The molecule has 0 aliphatic heterocycles. The first-order chi connectivity index (χ1) is 9.34. The van der Waals surface area contributed by atoms with Crippen molar-refractivity contribution in [3.05, 3.63) is 58.9 Å². The molecular formula is C16H16ClNO. The maximum Gasteiger partial charge on any atom is 0.136 e. The molecule has 0 N–H and O–H groups in total. The minimum Gasteiger partial charge on any atom is -0.488 e. The highest BCUT2D eigenvalue weighted by Crippen LogP contribution is 2.43. The number of ether oxygens (including phenoxy) is 1. The maximum absolute atomic E-state index is 6.23. The highest BCUT2D eigenvalue weighted by Gasteiger charge is 2.26. The maximum atomic E-state index is 6.23. The van der Waals surface area contributed by atoms with Crippen LogP contribution in [0.15, 0.2) is 42.6 Å². The van der Waals surface area contributed by atoms with Gasteiger partial charge in [-0.25, -0.2) is 4.98 Å². The molecule has 1 aromatic carbocycles. The Balaban J connectivity index is 1.78. The quantitative estimate of drug-likeness (QED) is 0.761. The first kappa shape index (κ1) is 12.5. The number of halogens is 1. The minimum atomic E-state index is 0.520. The Labute approximate surface area is 118 Å². The van der Waals surface area contributed by atoms with E-state index < -0.39 is 0 Å². The number of benzene rings is 1. The van der Waals surface area contributed by atoms with E-state index in [4.69, 9.17) is 16.3 Å². The average Bonchev–Trinajstić information content (AvgIpc) is 2.38. The van der Waals surface area contributed by atoms with Crippen molar-refractivity contribution in [1.82, 2.24) is 4.98 Å². The van der Waals surface area contributed by atoms with E-state index in [-0.39, 0.29) is 0 Å². The van der Waals surface area contributed by atoms with Gasteiger partial charge in [0.25, 0.3) is 0 Å². The Morgan fingerprint density at radius 3 is 2.63 bits per heavy atom. The first-order valence-corrected chi connectivity index (χ1v) is 7.03. The van der Waals surface area contributed by atoms with Gasteiger partial charge in [-0.05, 0) is 30.4 Å². The van der Waals surface area contributed by atoms with E-state index in [1.807, 2.05) is 24.3 Å². The summed E-state index contributed by atoms with van der Waals surface area (Å²) in [5, 5.41) is 0.593. The fourth-order valence-electron chi connectivity index (χ4n) is 2.36. The van der Waals surface area contributed by atoms with Gasteiger partial charge in [0, 0.05) is 11.8 Å². The fourth-order valence-corrected chi connectivity index (χ4v) is 2.66. The van der Waals surface area contributed by atoms with Crippen LogP contribution in [0.2, 0.25) is 5.15 Å². The van der Waals surface area contributed by atoms with Crippen molar-refractivity contribution < 1.29 is 4.74 Å². The standard InChI is InChI=1S/C16H16ClNO/c17-16-15(13-7-4-8-13)14(9-10-18-16)19-11-12-5-2-1-3-6-12/h1-3,5-6,9-10,13H,4,7-8,11H2. The summed E-state index contributed by atoms with van der Waals surface area (Å²) in [5.41, 5.74) is 2.25. The zero-order valence-corrected chi connectivity index (χ0v) is 11.4. The molecule has 0 saturated heterocycles. The Morgan fingerprint density at radius 2 is 1.95 bits per heavy atom. The molecule has 98 valence electrons. The fraction of sp³-hybridized carbons (Fsp3) is 0.312. The second-order valence-corrected chi connectivity index (χ2v) is 5.27. The molecule has 2 nitrogen and oxygen atoms in total. The third-order valence-corrected chi connectivity index (χ3v) is 3.95. The van der Waals surface area contributed by atoms with Gasteiger partial charge < -0.3 is 4.74 Å². The second kappa shape index (κ2) is 5.62. The van der Waals surface area contributed by atoms with E-state index in [1.165, 1.54) is 19.3 Å². The van der Waals surface area contributed by atoms with E-state index >= 15 is 0 Å². The van der Waals surface area contributed by atoms with Gasteiger partial charge in [-0.15, -0.1) is 0 Å². The number of aromatic nitrogens is 1. The summed E-state index contributed by atoms with van der Waals surface area (Å²) in [6, 6.07) is 12.1. The summed E-state index contributed by atoms with van der Waals surface area (Å²) in [4.78, 5) is 4.18. The van der Waals surface area contributed by atoms with Crippen LogP contribution in [0.5, 0.6) is 5.75 Å². The summed E-state index contributed by atoms with van der Waals surface area (Å²) in [7, 11) is 0. The van der Waals surface area contributed by atoms with Crippen LogP contribution in [-0.4, -0.2) is 4.98 Å². The molecule has 0 bridgehead atoms. The van der Waals surface area contributed by atoms with Crippen LogP contribution in [0.1, 0.15) is 36.3 Å². The topological polar surface area (TPSA) is 22.1 Å². The van der Waals surface area contributed by atoms with E-state index in [1.54, 1.807) is 6.20 Å². The lowest BCUT2D eigenvalue weighted by molar-refractivity contribution is 0.293. The number of hydrogen-bond acceptors (Lipinski definition) is 2. The first-order valence-electron chi connectivity index (χ1n) is 6.66. The number of pyridine rings is 1. The van der Waals surface area contributed by atoms with Crippen molar-refractivity contribution in [1.29, 1.82) is 0 Å². The Bertz CT molecular complexity index is 552. The van der Waals surface area contributed by atoms with Gasteiger partial charge in [-0.3, -0.25) is 0 Å². The van der Waals surface area contributed by atoms with Crippen molar-refractivity contribution in [3.63, 3.8) is 0 Å². The summed E-state index contributed by atoms with van der Waals surface area (Å²) in [5.74, 6) is 1.40. The molecule has 0 radical (unpaired) electrons. The molecule has 1 heterocycles. The Kier molecular flexibility index (Phi) is 3.69. The van der Waals surface area contributed by atoms with Gasteiger partial charge in [-0.2, -0.15) is 0 Å². The molecule has 3 heteroatoms. The molecular weight excluding hydrogens is 258 g/mol. The molecule has 2 aromatic rings. The van der Waals surface area contributed by atoms with Gasteiger partial charge in [-0.1, -0.05) is 48.4 Å². The highest BCUT2D eigenvalue weighted by molar-refractivity contribution is 6.30. The molecule has 1 aliphatic rings. The summed E-state index contributed by atoms with van der Waals surface area (Å²) in [6.45, 7) is 0.570. The van der Waals surface area contributed by atoms with Crippen LogP contribution in [0.25, 0.3) is 0 Å². The van der Waals surface area contributed by atoms with Crippen molar-refractivity contribution in [2.75, 3.05) is 0 Å². The smallest absolute Gasteiger partial charge is 0.136 e. The summed E-state index contributed by atoms with van der Waals surface area (Å²) >= 11 is 6.23. The average molecular weight is 274 g/mol. The molecule has 1 aromatic heterocycles. The van der Waals surface area contributed by atoms with Crippen molar-refractivity contribution in [2.24, 2.45) is 0 Å². The van der Waals surface area contributed by atoms with Gasteiger partial charge in [0.15, 0.2) is 0 Å². The second-order valence-electron chi connectivity index (χ2n) is 4.92. The van der Waals surface area contributed by atoms with E-state index in [0.717, 1.165) is 16.9 Å². The summed E-state index contributed by atoms with van der Waals surface area (Å²) in [6.07, 6.45) is 5.36. The van der Waals surface area contributed by atoms with Crippen molar-refractivity contribution >= 4 is 11.6 Å². The SMILES string of the molecule is Clc1nccc(OCc2ccccc2)c1C1CCC1. The van der Waals surface area contributed by atoms with Gasteiger partial charge >= 0.3 is 0 Å². The molecule has 1 fully saturated rings. The molecule has 0 spiro atoms. The monoisotopic (exact) mass is 273 g/mol. The van der Waals surface area contributed by atoms with Crippen molar-refractivity contribution in [2.45, 2.75) is 31.8 Å². The predicted octanol–water partition coefficient (Wildman–Crippen LogP) is 4.58. The molecule has 0 atom stereocenters. The third kappa shape index (κ3) is 2.74. The predicted molar refractivity (Wildman–Crippen MR) is 76.6 cm³/mol. The van der Waals surface area contributed by atoms with Gasteiger partial charge in [0.2, 0.25) is 0 Å². The van der Waals surface area contributed by atoms with E-state index in [0.29, 0.717) is 17.7 Å². The van der Waals surface area contributed by atoms with Crippen LogP contribution in [0.4, 0.5) is 0 Å². The van der Waals surface area contributed by atoms with Crippen LogP contribution in [0, 0.1) is 0 Å². The van der Waals surface area contributed by atoms with Crippen LogP contribution in [-0.2, 0) is 6.61 Å². The lowest BCUT2D eigenvalue weighted by Crippen LogP contribution is -2.12. The van der Waals surface area contributed by atoms with Crippen LogP contribution >= 0.6 is 11.6 Å². The Morgan fingerprint density at radius 1 is 1.16 bits per heavy atom. The minimum absolute atomic E-state index is 0.520. The third-order valence-electron chi connectivity index (χ3n) is 3.65. The molecule has 1 saturated carbocycles. The number of hydrogen-bond donors (Lipinski definition) is 0. The Hall–Kier alpha value is -1.54. The number of rotatable bonds is 4. The zero-order valence-electron chi connectivity index (χ0n) is 10.7. The zero-order chi connectivity index (χ0) is 13.1. The molecule has 3 rings (SSSR count). The molecule has 0 amide bonds. The van der Waals surface area contributed by atoms with E-state index in [9.17, 15) is 0 Å². The lowest BCUT2D eigenvalue weighted by Gasteiger charge is -2.28. The van der Waals surface area contributed by atoms with Gasteiger partial charge in [0.1, 0.15) is 17.5 Å². The van der Waals surface area contributed by atoms with Gasteiger partial charge in [0.05, 0.1) is 0 Å².